The molecule has 3 N–H and O–H groups in total. The molecule has 0 saturated heterocycles. The lowest BCUT2D eigenvalue weighted by Crippen LogP contribution is -2.47. The van der Waals surface area contributed by atoms with Gasteiger partial charge in [-0.2, -0.15) is 13.2 Å². The molecule has 0 unspecified atom stereocenters. The number of benzene rings is 3. The summed E-state index contributed by atoms with van der Waals surface area (Å²) in [6, 6.07) is 30.9. The van der Waals surface area contributed by atoms with Gasteiger partial charge in [0.25, 0.3) is 5.91 Å². The van der Waals surface area contributed by atoms with E-state index in [0.717, 1.165) is 11.1 Å². The predicted octanol–water partition coefficient (Wildman–Crippen LogP) is 8.08. The molecule has 248 valence electrons. The smallest absolute Gasteiger partial charge is 0.384 e. The Hall–Kier alpha value is -4.93. The van der Waals surface area contributed by atoms with Crippen LogP contribution in [-0.4, -0.2) is 41.0 Å². The molecule has 7 nitrogen and oxygen atoms in total. The number of nitrogens with zero attached hydrogens (tertiary/aromatic N) is 2. The van der Waals surface area contributed by atoms with Crippen molar-refractivity contribution >= 4 is 48.1 Å². The lowest BCUT2D eigenvalue weighted by molar-refractivity contribution is -0.141. The van der Waals surface area contributed by atoms with Crippen LogP contribution >= 0.6 is 24.8 Å². The van der Waals surface area contributed by atoms with Crippen molar-refractivity contribution in [1.29, 1.82) is 0 Å². The van der Waals surface area contributed by atoms with Gasteiger partial charge in [0.05, 0.1) is 17.6 Å². The Balaban J connectivity index is 0.00000260. The minimum atomic E-state index is -4.53. The van der Waals surface area contributed by atoms with Gasteiger partial charge in [-0.15, -0.1) is 24.8 Å². The van der Waals surface area contributed by atoms with E-state index in [1.54, 1.807) is 48.8 Å². The first-order chi connectivity index (χ1) is 22.3. The number of pyridine rings is 2. The highest BCUT2D eigenvalue weighted by atomic mass is 35.5. The van der Waals surface area contributed by atoms with Gasteiger partial charge >= 0.3 is 6.18 Å². The normalized spacial score (nSPS) is 12.4. The summed E-state index contributed by atoms with van der Waals surface area (Å²) in [5.41, 5.74) is 4.36. The molecule has 0 aliphatic heterocycles. The summed E-state index contributed by atoms with van der Waals surface area (Å²) in [5.74, 6) is -0.625. The molecule has 48 heavy (non-hydrogen) atoms. The van der Waals surface area contributed by atoms with Gasteiger partial charge in [0.1, 0.15) is 17.8 Å². The quantitative estimate of drug-likeness (QED) is 0.129. The Labute approximate surface area is 288 Å². The standard InChI is InChI=1S/C36H30F3N5O2.2ClH/c37-36(38,39)23-43-34(46)35(29-14-5-3-10-25(29)26-11-4-6-15-30(26)35)19-9-21-40-24-17-18-32(42-22-24)44-33(45)28-13-2-1-12-27(28)31-16-7-8-20-41-31;;/h1-8,10-18,20,22,40H,9,19,21,23H2,(H,43,46)(H,42,44,45);2*1H. The molecule has 2 heterocycles. The number of rotatable bonds is 10. The maximum absolute atomic E-state index is 13.7. The summed E-state index contributed by atoms with van der Waals surface area (Å²) < 4.78 is 39.4. The van der Waals surface area contributed by atoms with Crippen molar-refractivity contribution in [1.82, 2.24) is 15.3 Å². The number of nitrogens with one attached hydrogen (secondary N) is 3. The number of halogens is 5. The molecule has 0 atom stereocenters. The van der Waals surface area contributed by atoms with E-state index < -0.39 is 24.0 Å². The number of fused-ring (bicyclic) bond motifs is 3. The van der Waals surface area contributed by atoms with Gasteiger partial charge in [0.2, 0.25) is 5.91 Å². The van der Waals surface area contributed by atoms with Crippen LogP contribution in [0.4, 0.5) is 24.7 Å². The number of carbonyl (C=O) groups is 2. The Kier molecular flexibility index (Phi) is 11.5. The van der Waals surface area contributed by atoms with E-state index >= 15 is 0 Å². The average Bonchev–Trinajstić information content (AvgIpc) is 3.37. The molecule has 12 heteroatoms. The van der Waals surface area contributed by atoms with Crippen LogP contribution in [0.15, 0.2) is 116 Å². The van der Waals surface area contributed by atoms with Crippen LogP contribution in [0.25, 0.3) is 22.4 Å². The fraction of sp³-hybridized carbons (Fsp3) is 0.167. The zero-order valence-corrected chi connectivity index (χ0v) is 27.1. The SMILES string of the molecule is Cl.Cl.O=C(Nc1ccc(NCCCC2(C(=O)NCC(F)(F)F)c3ccccc3-c3ccccc32)cn1)c1ccccc1-c1ccccn1. The van der Waals surface area contributed by atoms with E-state index in [1.165, 1.54) is 0 Å². The maximum Gasteiger partial charge on any atom is 0.405 e. The fourth-order valence-corrected chi connectivity index (χ4v) is 6.05. The zero-order valence-electron chi connectivity index (χ0n) is 25.5. The first-order valence-corrected chi connectivity index (χ1v) is 14.8. The molecular weight excluding hydrogens is 662 g/mol. The highest BCUT2D eigenvalue weighted by molar-refractivity contribution is 6.08. The third-order valence-corrected chi connectivity index (χ3v) is 8.08. The molecular formula is C36H32Cl2F3N5O2. The van der Waals surface area contributed by atoms with Crippen LogP contribution in [-0.2, 0) is 10.2 Å². The van der Waals surface area contributed by atoms with Gasteiger partial charge in [-0.1, -0.05) is 72.8 Å². The largest absolute Gasteiger partial charge is 0.405 e. The van der Waals surface area contributed by atoms with Crippen LogP contribution in [0.5, 0.6) is 0 Å². The van der Waals surface area contributed by atoms with Crippen LogP contribution < -0.4 is 16.0 Å². The average molecular weight is 695 g/mol. The first kappa shape index (κ1) is 35.9. The lowest BCUT2D eigenvalue weighted by Gasteiger charge is -2.31. The predicted molar refractivity (Wildman–Crippen MR) is 186 cm³/mol. The fourth-order valence-electron chi connectivity index (χ4n) is 6.05. The molecule has 2 amide bonds. The number of aromatic nitrogens is 2. The number of hydrogen-bond donors (Lipinski definition) is 3. The van der Waals surface area contributed by atoms with Crippen molar-refractivity contribution in [3.63, 3.8) is 0 Å². The van der Waals surface area contributed by atoms with Crippen molar-refractivity contribution in [2.24, 2.45) is 0 Å². The Morgan fingerprint density at radius 2 is 1.35 bits per heavy atom. The summed E-state index contributed by atoms with van der Waals surface area (Å²) in [5, 5.41) is 8.26. The van der Waals surface area contributed by atoms with E-state index in [9.17, 15) is 22.8 Å². The highest BCUT2D eigenvalue weighted by Crippen LogP contribution is 2.51. The Bertz CT molecular complexity index is 1830. The van der Waals surface area contributed by atoms with E-state index in [2.05, 4.69) is 25.9 Å². The number of hydrogen-bond acceptors (Lipinski definition) is 5. The van der Waals surface area contributed by atoms with Crippen LogP contribution in [0.3, 0.4) is 0 Å². The highest BCUT2D eigenvalue weighted by Gasteiger charge is 2.49. The van der Waals surface area contributed by atoms with E-state index in [0.29, 0.717) is 52.4 Å². The molecule has 1 aliphatic carbocycles. The summed E-state index contributed by atoms with van der Waals surface area (Å²) >= 11 is 0. The molecule has 5 aromatic rings. The van der Waals surface area contributed by atoms with Gasteiger partial charge in [0, 0.05) is 23.9 Å². The number of amides is 2. The molecule has 0 spiro atoms. The molecule has 6 rings (SSSR count). The first-order valence-electron chi connectivity index (χ1n) is 14.8. The molecule has 3 aromatic carbocycles. The minimum Gasteiger partial charge on any atom is -0.384 e. The van der Waals surface area contributed by atoms with Crippen LogP contribution in [0.2, 0.25) is 0 Å². The molecule has 1 aliphatic rings. The second-order valence-electron chi connectivity index (χ2n) is 11.0. The summed E-state index contributed by atoms with van der Waals surface area (Å²) in [6.45, 7) is -0.969. The monoisotopic (exact) mass is 693 g/mol. The molecule has 0 fully saturated rings. The van der Waals surface area contributed by atoms with E-state index in [-0.39, 0.29) is 37.1 Å². The van der Waals surface area contributed by atoms with Gasteiger partial charge in [0.15, 0.2) is 0 Å². The lowest BCUT2D eigenvalue weighted by atomic mass is 9.73. The second kappa shape index (κ2) is 15.3. The number of carbonyl (C=O) groups excluding carboxylic acids is 2. The summed E-state index contributed by atoms with van der Waals surface area (Å²) in [6.07, 6.45) is -0.505. The van der Waals surface area contributed by atoms with Crippen LogP contribution in [0, 0.1) is 0 Å². The van der Waals surface area contributed by atoms with E-state index in [1.807, 2.05) is 66.7 Å². The summed E-state index contributed by atoms with van der Waals surface area (Å²) in [4.78, 5) is 35.5. The van der Waals surface area contributed by atoms with Crippen molar-refractivity contribution in [3.8, 4) is 22.4 Å². The maximum atomic E-state index is 13.7. The zero-order chi connectivity index (χ0) is 32.1. The van der Waals surface area contributed by atoms with E-state index in [4.69, 9.17) is 0 Å². The van der Waals surface area contributed by atoms with Crippen molar-refractivity contribution in [2.75, 3.05) is 23.7 Å². The Morgan fingerprint density at radius 3 is 1.96 bits per heavy atom. The van der Waals surface area contributed by atoms with Gasteiger partial charge in [-0.25, -0.2) is 4.98 Å². The van der Waals surface area contributed by atoms with Gasteiger partial charge in [-0.05, 0) is 65.4 Å². The van der Waals surface area contributed by atoms with Crippen LogP contribution in [0.1, 0.15) is 34.3 Å². The molecule has 0 radical (unpaired) electrons. The second-order valence-corrected chi connectivity index (χ2v) is 11.0. The topological polar surface area (TPSA) is 96.0 Å². The van der Waals surface area contributed by atoms with Crippen molar-refractivity contribution < 1.29 is 22.8 Å². The van der Waals surface area contributed by atoms with Crippen molar-refractivity contribution in [3.05, 3.63) is 132 Å². The number of anilines is 2. The molecule has 2 aromatic heterocycles. The van der Waals surface area contributed by atoms with Gasteiger partial charge < -0.3 is 16.0 Å². The van der Waals surface area contributed by atoms with Gasteiger partial charge in [-0.3, -0.25) is 14.6 Å². The number of alkyl halides is 3. The third kappa shape index (κ3) is 7.45. The molecule has 0 saturated carbocycles. The van der Waals surface area contributed by atoms with Crippen molar-refractivity contribution in [2.45, 2.75) is 24.4 Å². The Morgan fingerprint density at radius 1 is 0.729 bits per heavy atom. The minimum absolute atomic E-state index is 0. The third-order valence-electron chi connectivity index (χ3n) is 8.08. The molecule has 0 bridgehead atoms. The summed E-state index contributed by atoms with van der Waals surface area (Å²) in [7, 11) is 0.